The van der Waals surface area contributed by atoms with Crippen molar-refractivity contribution in [3.63, 3.8) is 0 Å². The van der Waals surface area contributed by atoms with Crippen molar-refractivity contribution in [2.45, 2.75) is 19.8 Å². The summed E-state index contributed by atoms with van der Waals surface area (Å²) in [7, 11) is 2.77. The second kappa shape index (κ2) is 5.90. The molecule has 1 aromatic carbocycles. The number of ether oxygens (including phenoxy) is 3. The predicted octanol–water partition coefficient (Wildman–Crippen LogP) is 2.26. The van der Waals surface area contributed by atoms with Gasteiger partial charge in [0.15, 0.2) is 22.7 Å². The number of benzene rings is 1. The summed E-state index contributed by atoms with van der Waals surface area (Å²) < 4.78 is 42.0. The summed E-state index contributed by atoms with van der Waals surface area (Å²) in [6, 6.07) is 2.76. The van der Waals surface area contributed by atoms with Gasteiger partial charge in [-0.15, -0.1) is 0 Å². The zero-order chi connectivity index (χ0) is 16.5. The van der Waals surface area contributed by atoms with E-state index in [0.717, 1.165) is 0 Å². The van der Waals surface area contributed by atoms with Crippen LogP contribution in [0.1, 0.15) is 22.8 Å². The molecule has 1 aliphatic rings. The number of Topliss-reactive ketones (excluding diaryl/α,β-unsaturated/α-hetero) is 1. The fourth-order valence-corrected chi connectivity index (χ4v) is 2.59. The largest absolute Gasteiger partial charge is 0.493 e. The number of carbonyl (C=O) groups excluding carboxylic acids is 2. The molecule has 0 saturated heterocycles. The van der Waals surface area contributed by atoms with Crippen LogP contribution in [0.2, 0.25) is 0 Å². The van der Waals surface area contributed by atoms with E-state index < -0.39 is 30.0 Å². The van der Waals surface area contributed by atoms with Crippen LogP contribution in [0.5, 0.6) is 11.5 Å². The number of rotatable bonds is 5. The van der Waals surface area contributed by atoms with Gasteiger partial charge in [-0.3, -0.25) is 9.59 Å². The molecule has 0 heterocycles. The van der Waals surface area contributed by atoms with Crippen molar-refractivity contribution in [2.75, 3.05) is 20.8 Å². The lowest BCUT2D eigenvalue weighted by Gasteiger charge is -2.23. The highest BCUT2D eigenvalue weighted by Crippen LogP contribution is 2.46. The topological polar surface area (TPSA) is 61.8 Å². The van der Waals surface area contributed by atoms with Crippen molar-refractivity contribution >= 4 is 11.8 Å². The molecule has 0 bridgehead atoms. The molecular formula is C15H16F2O5. The van der Waals surface area contributed by atoms with Crippen molar-refractivity contribution in [1.82, 2.24) is 0 Å². The third kappa shape index (κ3) is 2.20. The molecule has 1 atom stereocenters. The third-order valence-electron chi connectivity index (χ3n) is 3.74. The van der Waals surface area contributed by atoms with Crippen LogP contribution < -0.4 is 9.47 Å². The van der Waals surface area contributed by atoms with Gasteiger partial charge in [-0.1, -0.05) is 0 Å². The van der Waals surface area contributed by atoms with E-state index in [0.29, 0.717) is 11.3 Å². The van der Waals surface area contributed by atoms with Gasteiger partial charge < -0.3 is 14.2 Å². The first-order valence-corrected chi connectivity index (χ1v) is 6.67. The third-order valence-corrected chi connectivity index (χ3v) is 3.74. The van der Waals surface area contributed by atoms with Crippen molar-refractivity contribution in [3.8, 4) is 11.5 Å². The lowest BCUT2D eigenvalue weighted by Crippen LogP contribution is -2.45. The van der Waals surface area contributed by atoms with Crippen LogP contribution in [0.25, 0.3) is 0 Å². The van der Waals surface area contributed by atoms with E-state index in [4.69, 9.17) is 14.2 Å². The minimum absolute atomic E-state index is 0.0333. The molecule has 22 heavy (non-hydrogen) atoms. The molecule has 1 aliphatic carbocycles. The Morgan fingerprint density at radius 3 is 2.36 bits per heavy atom. The molecule has 2 rings (SSSR count). The zero-order valence-corrected chi connectivity index (χ0v) is 12.4. The van der Waals surface area contributed by atoms with E-state index >= 15 is 0 Å². The Bertz CT molecular complexity index is 614. The van der Waals surface area contributed by atoms with Crippen LogP contribution in [-0.2, 0) is 16.0 Å². The van der Waals surface area contributed by atoms with E-state index in [1.807, 2.05) is 0 Å². The lowest BCUT2D eigenvalue weighted by atomic mass is 9.84. The van der Waals surface area contributed by atoms with Crippen molar-refractivity contribution in [2.24, 2.45) is 5.41 Å². The highest BCUT2D eigenvalue weighted by molar-refractivity contribution is 6.16. The summed E-state index contributed by atoms with van der Waals surface area (Å²) in [5.74, 6) is -1.60. The molecule has 0 radical (unpaired) electrons. The normalized spacial score (nSPS) is 20.0. The first-order chi connectivity index (χ1) is 10.4. The molecule has 5 nitrogen and oxygen atoms in total. The fourth-order valence-electron chi connectivity index (χ4n) is 2.59. The first-order valence-electron chi connectivity index (χ1n) is 6.67. The van der Waals surface area contributed by atoms with Gasteiger partial charge in [-0.2, -0.15) is 0 Å². The van der Waals surface area contributed by atoms with E-state index in [2.05, 4.69) is 0 Å². The molecule has 0 amide bonds. The summed E-state index contributed by atoms with van der Waals surface area (Å²) in [6.45, 7) is 1.42. The quantitative estimate of drug-likeness (QED) is 0.616. The summed E-state index contributed by atoms with van der Waals surface area (Å²) in [5, 5.41) is 0. The predicted molar refractivity (Wildman–Crippen MR) is 72.7 cm³/mol. The van der Waals surface area contributed by atoms with E-state index in [1.54, 1.807) is 0 Å². The van der Waals surface area contributed by atoms with Crippen LogP contribution in [-0.4, -0.2) is 39.0 Å². The Morgan fingerprint density at radius 2 is 1.86 bits per heavy atom. The van der Waals surface area contributed by atoms with Crippen LogP contribution in [0.15, 0.2) is 12.1 Å². The molecule has 0 aromatic heterocycles. The minimum atomic E-state index is -3.16. The van der Waals surface area contributed by atoms with Gasteiger partial charge >= 0.3 is 5.97 Å². The molecule has 0 aliphatic heterocycles. The Kier molecular flexibility index (Phi) is 4.35. The standard InChI is InChI=1S/C15H16F2O5/c1-4-22-14(19)15(13(16)17)7-8-5-10(20-2)11(21-3)6-9(8)12(15)18/h5-6,13H,4,7H2,1-3H3. The van der Waals surface area contributed by atoms with Gasteiger partial charge in [0.25, 0.3) is 6.43 Å². The number of methoxy groups -OCH3 is 2. The van der Waals surface area contributed by atoms with Crippen LogP contribution in [0.4, 0.5) is 8.78 Å². The SMILES string of the molecule is CCOC(=O)C1(C(F)F)Cc2cc(OC)c(OC)cc2C1=O. The number of hydrogen-bond acceptors (Lipinski definition) is 5. The van der Waals surface area contributed by atoms with Crippen LogP contribution in [0.3, 0.4) is 0 Å². The molecule has 0 saturated carbocycles. The second-order valence-electron chi connectivity index (χ2n) is 4.86. The van der Waals surface area contributed by atoms with E-state index in [9.17, 15) is 18.4 Å². The number of fused-ring (bicyclic) bond motifs is 1. The highest BCUT2D eigenvalue weighted by Gasteiger charge is 2.59. The maximum Gasteiger partial charge on any atom is 0.326 e. The molecule has 0 spiro atoms. The van der Waals surface area contributed by atoms with E-state index in [-0.39, 0.29) is 17.9 Å². The lowest BCUT2D eigenvalue weighted by molar-refractivity contribution is -0.159. The molecule has 0 N–H and O–H groups in total. The summed E-state index contributed by atoms with van der Waals surface area (Å²) in [5.41, 5.74) is -2.14. The average molecular weight is 314 g/mol. The van der Waals surface area contributed by atoms with Gasteiger partial charge in [0.05, 0.1) is 20.8 Å². The average Bonchev–Trinajstić information content (AvgIpc) is 2.79. The number of hydrogen-bond donors (Lipinski definition) is 0. The van der Waals surface area contributed by atoms with Gasteiger partial charge in [0.1, 0.15) is 0 Å². The van der Waals surface area contributed by atoms with Gasteiger partial charge in [-0.25, -0.2) is 8.78 Å². The molecule has 1 aromatic rings. The monoisotopic (exact) mass is 314 g/mol. The number of carbonyl (C=O) groups is 2. The molecule has 0 fully saturated rings. The van der Waals surface area contributed by atoms with Gasteiger partial charge in [-0.05, 0) is 24.6 Å². The minimum Gasteiger partial charge on any atom is -0.493 e. The zero-order valence-electron chi connectivity index (χ0n) is 12.4. The summed E-state index contributed by atoms with van der Waals surface area (Å²) in [4.78, 5) is 24.5. The molecule has 1 unspecified atom stereocenters. The molecule has 120 valence electrons. The van der Waals surface area contributed by atoms with Crippen molar-refractivity contribution in [3.05, 3.63) is 23.3 Å². The Labute approximate surface area is 126 Å². The Morgan fingerprint density at radius 1 is 1.27 bits per heavy atom. The number of alkyl halides is 2. The van der Waals surface area contributed by atoms with E-state index in [1.165, 1.54) is 33.3 Å². The van der Waals surface area contributed by atoms with Crippen molar-refractivity contribution < 1.29 is 32.6 Å². The number of esters is 1. The first kappa shape index (κ1) is 16.2. The van der Waals surface area contributed by atoms with Crippen LogP contribution >= 0.6 is 0 Å². The maximum atomic E-state index is 13.6. The number of halogens is 2. The van der Waals surface area contributed by atoms with Crippen molar-refractivity contribution in [1.29, 1.82) is 0 Å². The summed E-state index contributed by atoms with van der Waals surface area (Å²) in [6.07, 6.45) is -3.58. The highest BCUT2D eigenvalue weighted by atomic mass is 19.3. The summed E-state index contributed by atoms with van der Waals surface area (Å²) >= 11 is 0. The molecule has 7 heteroatoms. The second-order valence-corrected chi connectivity index (χ2v) is 4.86. The van der Waals surface area contributed by atoms with Gasteiger partial charge in [0, 0.05) is 12.0 Å². The number of ketones is 1. The van der Waals surface area contributed by atoms with Crippen LogP contribution in [0, 0.1) is 5.41 Å². The molecular weight excluding hydrogens is 298 g/mol. The fraction of sp³-hybridized carbons (Fsp3) is 0.467. The van der Waals surface area contributed by atoms with Gasteiger partial charge in [0.2, 0.25) is 0 Å². The maximum absolute atomic E-state index is 13.6. The smallest absolute Gasteiger partial charge is 0.326 e. The Balaban J connectivity index is 2.55. The Hall–Kier alpha value is -2.18.